The van der Waals surface area contributed by atoms with E-state index in [0.717, 1.165) is 22.2 Å². The van der Waals surface area contributed by atoms with Crippen molar-refractivity contribution in [3.8, 4) is 5.75 Å². The molecule has 0 bridgehead atoms. The van der Waals surface area contributed by atoms with Gasteiger partial charge >= 0.3 is 0 Å². The number of carbonyl (C=O) groups is 1. The number of carbonyl (C=O) groups excluding carboxylic acids is 1. The Bertz CT molecular complexity index is 1380. The van der Waals surface area contributed by atoms with E-state index in [9.17, 15) is 13.2 Å². The van der Waals surface area contributed by atoms with Gasteiger partial charge in [-0.1, -0.05) is 36.5 Å². The van der Waals surface area contributed by atoms with E-state index in [1.807, 2.05) is 18.2 Å². The van der Waals surface area contributed by atoms with Crippen LogP contribution < -0.4 is 14.8 Å². The lowest BCUT2D eigenvalue weighted by Crippen LogP contribution is -2.15. The number of aryl methyl sites for hydroxylation is 1. The number of fused-ring (bicyclic) bond motifs is 1. The van der Waals surface area contributed by atoms with Crippen LogP contribution in [-0.2, 0) is 16.4 Å². The summed E-state index contributed by atoms with van der Waals surface area (Å²) in [5, 5.41) is 3.31. The summed E-state index contributed by atoms with van der Waals surface area (Å²) in [6.07, 6.45) is 0.852. The summed E-state index contributed by atoms with van der Waals surface area (Å²) in [6.45, 7) is 2.06. The van der Waals surface area contributed by atoms with Crippen molar-refractivity contribution in [3.63, 3.8) is 0 Å². The minimum atomic E-state index is -3.81. The van der Waals surface area contributed by atoms with Gasteiger partial charge in [-0.15, -0.1) is 0 Å². The van der Waals surface area contributed by atoms with E-state index >= 15 is 0 Å². The Morgan fingerprint density at radius 1 is 1.06 bits per heavy atom. The number of methoxy groups -OCH3 is 1. The number of hydrogen-bond acceptors (Lipinski definition) is 6. The topological polar surface area (TPSA) is 97.4 Å². The molecule has 4 aromatic rings. The van der Waals surface area contributed by atoms with E-state index in [2.05, 4.69) is 21.9 Å². The molecule has 9 heteroatoms. The molecule has 3 aromatic carbocycles. The molecule has 2 N–H and O–H groups in total. The van der Waals surface area contributed by atoms with Gasteiger partial charge in [0.1, 0.15) is 5.75 Å². The van der Waals surface area contributed by atoms with E-state index in [-0.39, 0.29) is 16.5 Å². The maximum Gasteiger partial charge on any atom is 0.261 e. The molecule has 4 rings (SSSR count). The van der Waals surface area contributed by atoms with Gasteiger partial charge in [0.05, 0.1) is 22.2 Å². The van der Waals surface area contributed by atoms with Crippen molar-refractivity contribution in [3.05, 3.63) is 77.9 Å². The first-order chi connectivity index (χ1) is 15.4. The van der Waals surface area contributed by atoms with Gasteiger partial charge in [0.25, 0.3) is 15.9 Å². The number of anilines is 2. The number of thiazole rings is 1. The summed E-state index contributed by atoms with van der Waals surface area (Å²) in [6, 6.07) is 18.3. The first kappa shape index (κ1) is 21.8. The highest BCUT2D eigenvalue weighted by atomic mass is 32.2. The molecule has 0 atom stereocenters. The Kier molecular flexibility index (Phi) is 6.11. The molecule has 1 aromatic heterocycles. The highest BCUT2D eigenvalue weighted by Gasteiger charge is 2.16. The molecule has 1 heterocycles. The van der Waals surface area contributed by atoms with Crippen LogP contribution in [0.3, 0.4) is 0 Å². The maximum absolute atomic E-state index is 12.8. The van der Waals surface area contributed by atoms with Gasteiger partial charge in [0, 0.05) is 11.3 Å². The molecule has 164 valence electrons. The van der Waals surface area contributed by atoms with Crippen molar-refractivity contribution < 1.29 is 17.9 Å². The molecule has 32 heavy (non-hydrogen) atoms. The van der Waals surface area contributed by atoms with Crippen molar-refractivity contribution in [1.29, 1.82) is 0 Å². The summed E-state index contributed by atoms with van der Waals surface area (Å²) < 4.78 is 33.9. The molecule has 1 amide bonds. The zero-order valence-corrected chi connectivity index (χ0v) is 19.1. The Morgan fingerprint density at radius 2 is 1.81 bits per heavy atom. The van der Waals surface area contributed by atoms with Crippen molar-refractivity contribution in [2.24, 2.45) is 0 Å². The first-order valence-electron chi connectivity index (χ1n) is 9.86. The standard InChI is InChI=1S/C23H21N3O4S2/c1-3-15-6-5-9-20-21(15)24-23(31-20)25-22(27)16-7-4-8-17(14-16)26-32(28,29)19-12-10-18(30-2)11-13-19/h4-14,26H,3H2,1-2H3,(H,24,25,27). The predicted octanol–water partition coefficient (Wildman–Crippen LogP) is 4.92. The second-order valence-corrected chi connectivity index (χ2v) is 9.67. The number of sulfonamides is 1. The highest BCUT2D eigenvalue weighted by Crippen LogP contribution is 2.29. The number of amides is 1. The van der Waals surface area contributed by atoms with Crippen LogP contribution >= 0.6 is 11.3 Å². The minimum Gasteiger partial charge on any atom is -0.497 e. The lowest BCUT2D eigenvalue weighted by molar-refractivity contribution is 0.102. The molecule has 0 unspecified atom stereocenters. The van der Waals surface area contributed by atoms with Gasteiger partial charge in [-0.3, -0.25) is 14.8 Å². The largest absolute Gasteiger partial charge is 0.497 e. The van der Waals surface area contributed by atoms with E-state index in [0.29, 0.717) is 16.4 Å². The number of hydrogen-bond donors (Lipinski definition) is 2. The smallest absolute Gasteiger partial charge is 0.261 e. The van der Waals surface area contributed by atoms with Gasteiger partial charge in [0.2, 0.25) is 0 Å². The molecule has 0 saturated heterocycles. The van der Waals surface area contributed by atoms with Crippen LogP contribution in [0.1, 0.15) is 22.8 Å². The third kappa shape index (κ3) is 4.58. The van der Waals surface area contributed by atoms with Crippen molar-refractivity contribution in [2.45, 2.75) is 18.2 Å². The molecule has 7 nitrogen and oxygen atoms in total. The normalized spacial score (nSPS) is 11.3. The third-order valence-corrected chi connectivity index (χ3v) is 7.18. The molecule has 0 aliphatic carbocycles. The van der Waals surface area contributed by atoms with Crippen LogP contribution in [-0.4, -0.2) is 26.4 Å². The van der Waals surface area contributed by atoms with E-state index < -0.39 is 10.0 Å². The average Bonchev–Trinajstić information content (AvgIpc) is 3.21. The van der Waals surface area contributed by atoms with Crippen LogP contribution in [0.2, 0.25) is 0 Å². The number of benzene rings is 3. The lowest BCUT2D eigenvalue weighted by atomic mass is 10.1. The van der Waals surface area contributed by atoms with Crippen LogP contribution in [0.15, 0.2) is 71.6 Å². The van der Waals surface area contributed by atoms with Gasteiger partial charge in [0.15, 0.2) is 5.13 Å². The van der Waals surface area contributed by atoms with E-state index in [1.165, 1.54) is 36.6 Å². The maximum atomic E-state index is 12.8. The van der Waals surface area contributed by atoms with Gasteiger partial charge in [-0.25, -0.2) is 13.4 Å². The van der Waals surface area contributed by atoms with Crippen LogP contribution in [0.4, 0.5) is 10.8 Å². The van der Waals surface area contributed by atoms with Gasteiger partial charge < -0.3 is 4.74 Å². The third-order valence-electron chi connectivity index (χ3n) is 4.85. The zero-order valence-electron chi connectivity index (χ0n) is 17.5. The van der Waals surface area contributed by atoms with Gasteiger partial charge in [-0.2, -0.15) is 0 Å². The minimum absolute atomic E-state index is 0.0920. The Morgan fingerprint density at radius 3 is 2.53 bits per heavy atom. The molecule has 0 aliphatic rings. The molecular formula is C23H21N3O4S2. The average molecular weight is 468 g/mol. The monoisotopic (exact) mass is 467 g/mol. The summed E-state index contributed by atoms with van der Waals surface area (Å²) >= 11 is 1.40. The Balaban J connectivity index is 1.52. The van der Waals surface area contributed by atoms with Crippen molar-refractivity contribution >= 4 is 48.3 Å². The number of nitrogens with one attached hydrogen (secondary N) is 2. The number of para-hydroxylation sites is 1. The predicted molar refractivity (Wildman–Crippen MR) is 127 cm³/mol. The number of nitrogens with zero attached hydrogens (tertiary/aromatic N) is 1. The summed E-state index contributed by atoms with van der Waals surface area (Å²) in [5.41, 5.74) is 2.60. The fourth-order valence-electron chi connectivity index (χ4n) is 3.21. The summed E-state index contributed by atoms with van der Waals surface area (Å²) in [7, 11) is -2.30. The van der Waals surface area contributed by atoms with Crippen LogP contribution in [0, 0.1) is 0 Å². The second-order valence-electron chi connectivity index (χ2n) is 6.95. The molecule has 0 spiro atoms. The second kappa shape index (κ2) is 8.97. The number of ether oxygens (including phenoxy) is 1. The van der Waals surface area contributed by atoms with Crippen molar-refractivity contribution in [2.75, 3.05) is 17.1 Å². The quantitative estimate of drug-likeness (QED) is 0.402. The van der Waals surface area contributed by atoms with Gasteiger partial charge in [-0.05, 0) is 60.5 Å². The molecular weight excluding hydrogens is 446 g/mol. The number of rotatable bonds is 7. The molecule has 0 fully saturated rings. The zero-order chi connectivity index (χ0) is 22.7. The fraction of sp³-hybridized carbons (Fsp3) is 0.130. The summed E-state index contributed by atoms with van der Waals surface area (Å²) in [4.78, 5) is 17.4. The van der Waals surface area contributed by atoms with Crippen LogP contribution in [0.25, 0.3) is 10.2 Å². The van der Waals surface area contributed by atoms with E-state index in [1.54, 1.807) is 30.3 Å². The first-order valence-corrected chi connectivity index (χ1v) is 12.2. The molecule has 0 saturated carbocycles. The number of aromatic nitrogens is 1. The fourth-order valence-corrected chi connectivity index (χ4v) is 5.16. The summed E-state index contributed by atoms with van der Waals surface area (Å²) in [5.74, 6) is 0.191. The lowest BCUT2D eigenvalue weighted by Gasteiger charge is -2.10. The molecule has 0 radical (unpaired) electrons. The highest BCUT2D eigenvalue weighted by molar-refractivity contribution is 7.92. The van der Waals surface area contributed by atoms with Crippen LogP contribution in [0.5, 0.6) is 5.75 Å². The SMILES string of the molecule is CCc1cccc2sc(NC(=O)c3cccc(NS(=O)(=O)c4ccc(OC)cc4)c3)nc12. The molecule has 0 aliphatic heterocycles. The van der Waals surface area contributed by atoms with Crippen molar-refractivity contribution in [1.82, 2.24) is 4.98 Å². The Hall–Kier alpha value is -3.43. The van der Waals surface area contributed by atoms with E-state index in [4.69, 9.17) is 4.74 Å². The Labute approximate surface area is 190 Å².